The lowest BCUT2D eigenvalue weighted by atomic mass is 10.0. The van der Waals surface area contributed by atoms with Crippen molar-refractivity contribution in [3.63, 3.8) is 0 Å². The van der Waals surface area contributed by atoms with Gasteiger partial charge in [0.05, 0.1) is 0 Å². The average molecular weight is 142 g/mol. The monoisotopic (exact) mass is 142 g/mol. The molecule has 0 saturated carbocycles. The van der Waals surface area contributed by atoms with Gasteiger partial charge in [0.1, 0.15) is 0 Å². The second-order valence-corrected chi connectivity index (χ2v) is 3.07. The molecular formula is C8H16NO. The Morgan fingerprint density at radius 1 is 1.50 bits per heavy atom. The van der Waals surface area contributed by atoms with E-state index in [1.807, 2.05) is 6.29 Å². The minimum Gasteiger partial charge on any atom is -0.328 e. The second-order valence-electron chi connectivity index (χ2n) is 3.07. The van der Waals surface area contributed by atoms with Crippen LogP contribution in [0.5, 0.6) is 0 Å². The van der Waals surface area contributed by atoms with E-state index in [2.05, 4.69) is 13.8 Å². The summed E-state index contributed by atoms with van der Waals surface area (Å²) >= 11 is 0. The first-order valence-corrected chi connectivity index (χ1v) is 3.77. The molecule has 2 heteroatoms. The number of carbonyl (C=O) groups excluding carboxylic acids is 1. The van der Waals surface area contributed by atoms with Crippen molar-refractivity contribution < 1.29 is 4.79 Å². The fourth-order valence-electron chi connectivity index (χ4n) is 0.968. The van der Waals surface area contributed by atoms with Gasteiger partial charge in [-0.25, -0.2) is 0 Å². The molecule has 0 aromatic heterocycles. The summed E-state index contributed by atoms with van der Waals surface area (Å²) in [4.78, 5) is 9.81. The van der Waals surface area contributed by atoms with E-state index in [1.54, 1.807) is 0 Å². The van der Waals surface area contributed by atoms with Crippen LogP contribution < -0.4 is 5.73 Å². The van der Waals surface area contributed by atoms with Crippen LogP contribution in [0.2, 0.25) is 0 Å². The largest absolute Gasteiger partial charge is 0.328 e. The van der Waals surface area contributed by atoms with Crippen LogP contribution in [-0.2, 0) is 4.79 Å². The molecule has 2 nitrogen and oxygen atoms in total. The van der Waals surface area contributed by atoms with Gasteiger partial charge < -0.3 is 5.73 Å². The molecule has 0 aliphatic rings. The van der Waals surface area contributed by atoms with Gasteiger partial charge in [0.25, 0.3) is 0 Å². The first kappa shape index (κ1) is 9.63. The van der Waals surface area contributed by atoms with Crippen LogP contribution in [0.15, 0.2) is 0 Å². The van der Waals surface area contributed by atoms with Gasteiger partial charge in [-0.2, -0.15) is 0 Å². The van der Waals surface area contributed by atoms with Gasteiger partial charge >= 0.3 is 0 Å². The number of hydrogen-bond donors (Lipinski definition) is 1. The zero-order valence-electron chi connectivity index (χ0n) is 6.76. The summed E-state index contributed by atoms with van der Waals surface area (Å²) < 4.78 is 0. The van der Waals surface area contributed by atoms with E-state index in [9.17, 15) is 4.79 Å². The Morgan fingerprint density at radius 2 is 2.10 bits per heavy atom. The molecule has 0 aromatic carbocycles. The van der Waals surface area contributed by atoms with E-state index < -0.39 is 0 Å². The lowest BCUT2D eigenvalue weighted by Crippen LogP contribution is -2.21. The Morgan fingerprint density at radius 3 is 2.50 bits per heavy atom. The number of nitrogens with two attached hydrogens (primary N) is 1. The lowest BCUT2D eigenvalue weighted by molar-refractivity contribution is 0.471. The molecule has 0 aromatic rings. The molecular weight excluding hydrogens is 126 g/mol. The van der Waals surface area contributed by atoms with Crippen molar-refractivity contribution in [2.45, 2.75) is 39.2 Å². The first-order chi connectivity index (χ1) is 4.66. The van der Waals surface area contributed by atoms with E-state index in [-0.39, 0.29) is 6.04 Å². The summed E-state index contributed by atoms with van der Waals surface area (Å²) in [5.74, 6) is 0.627. The third-order valence-corrected chi connectivity index (χ3v) is 1.39. The molecule has 0 saturated heterocycles. The van der Waals surface area contributed by atoms with E-state index >= 15 is 0 Å². The number of rotatable bonds is 5. The summed E-state index contributed by atoms with van der Waals surface area (Å²) in [6.07, 6.45) is 4.10. The molecule has 0 spiro atoms. The minimum atomic E-state index is 0.182. The molecule has 0 bridgehead atoms. The highest BCUT2D eigenvalue weighted by atomic mass is 16.1. The quantitative estimate of drug-likeness (QED) is 0.627. The number of hydrogen-bond acceptors (Lipinski definition) is 2. The van der Waals surface area contributed by atoms with Crippen molar-refractivity contribution in [1.82, 2.24) is 0 Å². The standard InChI is InChI=1S/C8H16NO/c1-7(2)6-8(9)4-3-5-10/h7-8H,3-4,6,9H2,1-2H3/t8-/m0/s1. The third-order valence-electron chi connectivity index (χ3n) is 1.39. The molecule has 0 rings (SSSR count). The molecule has 0 fully saturated rings. The second kappa shape index (κ2) is 5.42. The fourth-order valence-corrected chi connectivity index (χ4v) is 0.968. The minimum absolute atomic E-state index is 0.182. The molecule has 10 heavy (non-hydrogen) atoms. The van der Waals surface area contributed by atoms with Crippen molar-refractivity contribution >= 4 is 6.29 Å². The summed E-state index contributed by atoms with van der Waals surface area (Å²) in [5, 5.41) is 0. The van der Waals surface area contributed by atoms with E-state index in [0.717, 1.165) is 12.8 Å². The Balaban J connectivity index is 3.24. The molecule has 0 unspecified atom stereocenters. The molecule has 0 aliphatic carbocycles. The van der Waals surface area contributed by atoms with Crippen molar-refractivity contribution in [2.24, 2.45) is 11.7 Å². The van der Waals surface area contributed by atoms with Gasteiger partial charge in [-0.1, -0.05) is 13.8 Å². The van der Waals surface area contributed by atoms with Crippen molar-refractivity contribution in [2.75, 3.05) is 0 Å². The molecule has 1 atom stereocenters. The first-order valence-electron chi connectivity index (χ1n) is 3.77. The maximum Gasteiger partial charge on any atom is 0.198 e. The topological polar surface area (TPSA) is 43.1 Å². The summed E-state index contributed by atoms with van der Waals surface area (Å²) in [6, 6.07) is 0.182. The van der Waals surface area contributed by atoms with Crippen LogP contribution in [0, 0.1) is 5.92 Å². The van der Waals surface area contributed by atoms with Crippen molar-refractivity contribution in [1.29, 1.82) is 0 Å². The maximum absolute atomic E-state index is 9.81. The highest BCUT2D eigenvalue weighted by Crippen LogP contribution is 2.06. The average Bonchev–Trinajstić information content (AvgIpc) is 1.82. The van der Waals surface area contributed by atoms with Gasteiger partial charge in [-0.15, -0.1) is 0 Å². The van der Waals surface area contributed by atoms with E-state index in [0.29, 0.717) is 12.3 Å². The highest BCUT2D eigenvalue weighted by molar-refractivity contribution is 5.50. The molecule has 0 heterocycles. The van der Waals surface area contributed by atoms with Crippen LogP contribution in [0.4, 0.5) is 0 Å². The zero-order valence-corrected chi connectivity index (χ0v) is 6.76. The van der Waals surface area contributed by atoms with Crippen molar-refractivity contribution in [3.8, 4) is 0 Å². The fraction of sp³-hybridized carbons (Fsp3) is 0.875. The summed E-state index contributed by atoms with van der Waals surface area (Å²) in [7, 11) is 0. The highest BCUT2D eigenvalue weighted by Gasteiger charge is 2.03. The Hall–Kier alpha value is -0.370. The van der Waals surface area contributed by atoms with Crippen LogP contribution in [-0.4, -0.2) is 12.3 Å². The van der Waals surface area contributed by atoms with Gasteiger partial charge in [-0.3, -0.25) is 4.79 Å². The van der Waals surface area contributed by atoms with Gasteiger partial charge in [-0.05, 0) is 18.8 Å². The van der Waals surface area contributed by atoms with Crippen LogP contribution in [0.3, 0.4) is 0 Å². The normalized spacial score (nSPS) is 13.6. The predicted octanol–water partition coefficient (Wildman–Crippen LogP) is 1.25. The molecule has 0 amide bonds. The Bertz CT molecular complexity index is 91.3. The third kappa shape index (κ3) is 5.76. The van der Waals surface area contributed by atoms with Gasteiger partial charge in [0.15, 0.2) is 6.29 Å². The van der Waals surface area contributed by atoms with E-state index in [4.69, 9.17) is 5.73 Å². The SMILES string of the molecule is CC(C)C[C@@H](N)CC[C]=O. The molecule has 1 radical (unpaired) electrons. The van der Waals surface area contributed by atoms with Crippen LogP contribution in [0.25, 0.3) is 0 Å². The van der Waals surface area contributed by atoms with Crippen LogP contribution >= 0.6 is 0 Å². The molecule has 59 valence electrons. The lowest BCUT2D eigenvalue weighted by Gasteiger charge is -2.11. The molecule has 0 aliphatic heterocycles. The van der Waals surface area contributed by atoms with Gasteiger partial charge in [0, 0.05) is 12.5 Å². The van der Waals surface area contributed by atoms with E-state index in [1.165, 1.54) is 0 Å². The smallest absolute Gasteiger partial charge is 0.198 e. The maximum atomic E-state index is 9.81. The van der Waals surface area contributed by atoms with Crippen molar-refractivity contribution in [3.05, 3.63) is 0 Å². The van der Waals surface area contributed by atoms with Gasteiger partial charge in [0.2, 0.25) is 0 Å². The van der Waals surface area contributed by atoms with Crippen LogP contribution in [0.1, 0.15) is 33.1 Å². The predicted molar refractivity (Wildman–Crippen MR) is 42.4 cm³/mol. The molecule has 2 N–H and O–H groups in total. The zero-order chi connectivity index (χ0) is 7.98. The Kier molecular flexibility index (Phi) is 5.22. The summed E-state index contributed by atoms with van der Waals surface area (Å²) in [5.41, 5.74) is 5.68. The Labute approximate surface area is 62.8 Å². The summed E-state index contributed by atoms with van der Waals surface area (Å²) in [6.45, 7) is 4.26.